The molecule has 2 unspecified atom stereocenters. The second-order valence-electron chi connectivity index (χ2n) is 5.81. The summed E-state index contributed by atoms with van der Waals surface area (Å²) in [6.45, 7) is 0.863. The number of piperidine rings is 1. The smallest absolute Gasteiger partial charge is 0.272 e. The predicted molar refractivity (Wildman–Crippen MR) is 78.1 cm³/mol. The molecule has 5 heteroatoms. The molecule has 1 saturated carbocycles. The standard InChI is InChI=1S/C15H22N4O/c16-18-14-9-3-7-12(17-14)15(20)19-10-4-6-11-5-1-2-8-13(11)19/h3,7,9,11,13H,1-2,4-6,8,10,16H2,(H,17,18). The number of hydrazine groups is 1. The van der Waals surface area contributed by atoms with Crippen LogP contribution in [0.5, 0.6) is 0 Å². The molecule has 2 aliphatic rings. The van der Waals surface area contributed by atoms with Crippen LogP contribution < -0.4 is 11.3 Å². The van der Waals surface area contributed by atoms with E-state index in [4.69, 9.17) is 5.84 Å². The van der Waals surface area contributed by atoms with Crippen molar-refractivity contribution in [3.8, 4) is 0 Å². The van der Waals surface area contributed by atoms with Gasteiger partial charge in [-0.05, 0) is 43.7 Å². The summed E-state index contributed by atoms with van der Waals surface area (Å²) in [5.74, 6) is 6.65. The van der Waals surface area contributed by atoms with E-state index < -0.39 is 0 Å². The van der Waals surface area contributed by atoms with Crippen molar-refractivity contribution in [3.05, 3.63) is 23.9 Å². The van der Waals surface area contributed by atoms with Gasteiger partial charge < -0.3 is 10.3 Å². The van der Waals surface area contributed by atoms with Gasteiger partial charge in [0.1, 0.15) is 11.5 Å². The molecular formula is C15H22N4O. The van der Waals surface area contributed by atoms with Gasteiger partial charge in [-0.2, -0.15) is 0 Å². The molecular weight excluding hydrogens is 252 g/mol. The molecule has 2 heterocycles. The normalized spacial score (nSPS) is 25.9. The highest BCUT2D eigenvalue weighted by Gasteiger charge is 2.36. The van der Waals surface area contributed by atoms with Crippen molar-refractivity contribution in [1.82, 2.24) is 9.88 Å². The molecule has 0 bridgehead atoms. The fourth-order valence-electron chi connectivity index (χ4n) is 3.66. The molecule has 1 amide bonds. The molecule has 0 aromatic carbocycles. The molecule has 0 radical (unpaired) electrons. The molecule has 20 heavy (non-hydrogen) atoms. The lowest BCUT2D eigenvalue weighted by Gasteiger charge is -2.44. The minimum absolute atomic E-state index is 0.0544. The van der Waals surface area contributed by atoms with E-state index >= 15 is 0 Å². The van der Waals surface area contributed by atoms with Gasteiger partial charge >= 0.3 is 0 Å². The summed E-state index contributed by atoms with van der Waals surface area (Å²) in [5, 5.41) is 0. The Morgan fingerprint density at radius 1 is 1.25 bits per heavy atom. The van der Waals surface area contributed by atoms with Gasteiger partial charge in [0.15, 0.2) is 0 Å². The summed E-state index contributed by atoms with van der Waals surface area (Å²) in [7, 11) is 0. The average molecular weight is 274 g/mol. The zero-order valence-corrected chi connectivity index (χ0v) is 11.7. The zero-order chi connectivity index (χ0) is 13.9. The van der Waals surface area contributed by atoms with E-state index in [1.807, 2.05) is 6.07 Å². The minimum Gasteiger partial charge on any atom is -0.334 e. The topological polar surface area (TPSA) is 71.2 Å². The number of nitrogens with zero attached hydrogens (tertiary/aromatic N) is 2. The Morgan fingerprint density at radius 2 is 2.05 bits per heavy atom. The maximum Gasteiger partial charge on any atom is 0.272 e. The molecule has 0 spiro atoms. The molecule has 1 aliphatic heterocycles. The van der Waals surface area contributed by atoms with Gasteiger partial charge in [0.25, 0.3) is 5.91 Å². The van der Waals surface area contributed by atoms with Crippen molar-refractivity contribution < 1.29 is 4.79 Å². The first kappa shape index (κ1) is 13.4. The fraction of sp³-hybridized carbons (Fsp3) is 0.600. The van der Waals surface area contributed by atoms with Gasteiger partial charge in [-0.25, -0.2) is 10.8 Å². The number of nitrogens with one attached hydrogen (secondary N) is 1. The predicted octanol–water partition coefficient (Wildman–Crippen LogP) is 2.16. The minimum atomic E-state index is 0.0544. The number of nitrogen functional groups attached to an aromatic ring is 1. The number of hydrogen-bond donors (Lipinski definition) is 2. The first-order valence-corrected chi connectivity index (χ1v) is 7.54. The van der Waals surface area contributed by atoms with Gasteiger partial charge in [0, 0.05) is 12.6 Å². The fourth-order valence-corrected chi connectivity index (χ4v) is 3.66. The molecule has 1 aliphatic carbocycles. The number of hydrogen-bond acceptors (Lipinski definition) is 4. The number of aromatic nitrogens is 1. The number of amides is 1. The maximum atomic E-state index is 12.7. The molecule has 1 aromatic heterocycles. The lowest BCUT2D eigenvalue weighted by atomic mass is 9.78. The SMILES string of the molecule is NNc1cccc(C(=O)N2CCCC3CCCCC32)n1. The van der Waals surface area contributed by atoms with Crippen LogP contribution in [0, 0.1) is 5.92 Å². The van der Waals surface area contributed by atoms with Crippen molar-refractivity contribution in [2.24, 2.45) is 11.8 Å². The van der Waals surface area contributed by atoms with Gasteiger partial charge in [-0.1, -0.05) is 18.9 Å². The summed E-state index contributed by atoms with van der Waals surface area (Å²) in [6.07, 6.45) is 7.35. The molecule has 1 aromatic rings. The molecule has 2 fully saturated rings. The van der Waals surface area contributed by atoms with E-state index in [-0.39, 0.29) is 5.91 Å². The Hall–Kier alpha value is -1.62. The second kappa shape index (κ2) is 5.79. The van der Waals surface area contributed by atoms with E-state index in [9.17, 15) is 4.79 Å². The highest BCUT2D eigenvalue weighted by atomic mass is 16.2. The van der Waals surface area contributed by atoms with Crippen molar-refractivity contribution in [2.45, 2.75) is 44.6 Å². The van der Waals surface area contributed by atoms with Crippen LogP contribution in [-0.2, 0) is 0 Å². The number of carbonyl (C=O) groups is 1. The third-order valence-electron chi connectivity index (χ3n) is 4.62. The summed E-state index contributed by atoms with van der Waals surface area (Å²) in [4.78, 5) is 19.0. The van der Waals surface area contributed by atoms with E-state index in [0.29, 0.717) is 23.5 Å². The maximum absolute atomic E-state index is 12.7. The van der Waals surface area contributed by atoms with Gasteiger partial charge in [-0.15, -0.1) is 0 Å². The number of nitrogens with two attached hydrogens (primary N) is 1. The number of carbonyl (C=O) groups excluding carboxylic acids is 1. The highest BCUT2D eigenvalue weighted by molar-refractivity contribution is 5.93. The zero-order valence-electron chi connectivity index (χ0n) is 11.7. The van der Waals surface area contributed by atoms with Crippen LogP contribution in [-0.4, -0.2) is 28.4 Å². The molecule has 5 nitrogen and oxygen atoms in total. The highest BCUT2D eigenvalue weighted by Crippen LogP contribution is 2.35. The quantitative estimate of drug-likeness (QED) is 0.640. The van der Waals surface area contributed by atoms with Crippen LogP contribution >= 0.6 is 0 Å². The Labute approximate surface area is 119 Å². The largest absolute Gasteiger partial charge is 0.334 e. The van der Waals surface area contributed by atoms with Crippen molar-refractivity contribution in [1.29, 1.82) is 0 Å². The number of anilines is 1. The first-order valence-electron chi connectivity index (χ1n) is 7.54. The number of fused-ring (bicyclic) bond motifs is 1. The summed E-state index contributed by atoms with van der Waals surface area (Å²) >= 11 is 0. The Kier molecular flexibility index (Phi) is 3.87. The molecule has 3 N–H and O–H groups in total. The Morgan fingerprint density at radius 3 is 2.90 bits per heavy atom. The number of likely N-dealkylation sites (tertiary alicyclic amines) is 1. The van der Waals surface area contributed by atoms with Crippen LogP contribution in [0.15, 0.2) is 18.2 Å². The van der Waals surface area contributed by atoms with Gasteiger partial charge in [0.2, 0.25) is 0 Å². The van der Waals surface area contributed by atoms with Crippen LogP contribution in [0.3, 0.4) is 0 Å². The van der Waals surface area contributed by atoms with Crippen LogP contribution in [0.2, 0.25) is 0 Å². The second-order valence-corrected chi connectivity index (χ2v) is 5.81. The van der Waals surface area contributed by atoms with E-state index in [1.54, 1.807) is 12.1 Å². The Bertz CT molecular complexity index is 489. The number of pyridine rings is 1. The first-order chi connectivity index (χ1) is 9.79. The number of rotatable bonds is 2. The Balaban J connectivity index is 1.81. The van der Waals surface area contributed by atoms with E-state index in [1.165, 1.54) is 25.7 Å². The molecule has 1 saturated heterocycles. The summed E-state index contributed by atoms with van der Waals surface area (Å²) in [6, 6.07) is 5.77. The van der Waals surface area contributed by atoms with Crippen molar-refractivity contribution >= 4 is 11.7 Å². The third kappa shape index (κ3) is 2.50. The molecule has 108 valence electrons. The van der Waals surface area contributed by atoms with Gasteiger partial charge in [0.05, 0.1) is 0 Å². The van der Waals surface area contributed by atoms with Crippen LogP contribution in [0.1, 0.15) is 49.0 Å². The van der Waals surface area contributed by atoms with Crippen molar-refractivity contribution in [2.75, 3.05) is 12.0 Å². The van der Waals surface area contributed by atoms with E-state index in [2.05, 4.69) is 15.3 Å². The lowest BCUT2D eigenvalue weighted by Crippen LogP contribution is -2.49. The summed E-state index contributed by atoms with van der Waals surface area (Å²) in [5.41, 5.74) is 2.99. The van der Waals surface area contributed by atoms with Crippen LogP contribution in [0.4, 0.5) is 5.82 Å². The summed E-state index contributed by atoms with van der Waals surface area (Å²) < 4.78 is 0. The monoisotopic (exact) mass is 274 g/mol. The van der Waals surface area contributed by atoms with Gasteiger partial charge in [-0.3, -0.25) is 4.79 Å². The van der Waals surface area contributed by atoms with Crippen molar-refractivity contribution in [3.63, 3.8) is 0 Å². The third-order valence-corrected chi connectivity index (χ3v) is 4.62. The van der Waals surface area contributed by atoms with E-state index in [0.717, 1.165) is 19.4 Å². The molecule has 3 rings (SSSR count). The average Bonchev–Trinajstić information content (AvgIpc) is 2.53. The molecule has 2 atom stereocenters. The van der Waals surface area contributed by atoms with Crippen LogP contribution in [0.25, 0.3) is 0 Å². The lowest BCUT2D eigenvalue weighted by molar-refractivity contribution is 0.0385.